The number of carboxylic acids is 1. The van der Waals surface area contributed by atoms with E-state index < -0.39 is 35.2 Å². The molecule has 2 heterocycles. The van der Waals surface area contributed by atoms with Crippen LogP contribution in [0.25, 0.3) is 0 Å². The van der Waals surface area contributed by atoms with Gasteiger partial charge in [0.1, 0.15) is 41.3 Å². The van der Waals surface area contributed by atoms with Gasteiger partial charge < -0.3 is 30.7 Å². The molecule has 10 nitrogen and oxygen atoms in total. The maximum Gasteiger partial charge on any atom is 0.352 e. The van der Waals surface area contributed by atoms with E-state index in [4.69, 9.17) is 50.0 Å². The Labute approximate surface area is 258 Å². The summed E-state index contributed by atoms with van der Waals surface area (Å²) in [5, 5.41) is 22.5. The van der Waals surface area contributed by atoms with E-state index in [9.17, 15) is 24.6 Å². The number of phenols is 1. The number of rotatable bonds is 9. The molecule has 0 radical (unpaired) electrons. The number of benzene rings is 3. The Morgan fingerprint density at radius 1 is 1.02 bits per heavy atom. The number of thioether (sulfide) groups is 1. The molecule has 5 N–H and O–H groups in total. The van der Waals surface area contributed by atoms with Crippen molar-refractivity contribution in [3.05, 3.63) is 92.6 Å². The third-order valence-electron chi connectivity index (χ3n) is 6.50. The van der Waals surface area contributed by atoms with Crippen LogP contribution in [0, 0.1) is 0 Å². The standard InChI is InChI=1S/C28H22Cl3N3O7S/c29-15-3-7-19(18(31)9-15)41-20-8-4-16(30)10-21(20)40-11-14-12-42-27-23(26(37)34(27)24(14)28(38)39)33-25(36)22(32)13-1-5-17(35)6-2-13/h1-10,22-23,27,35H,11-12,32H2,(H,33,36)(H,38,39)/t22?,23?,27-/m1/s1. The predicted octanol–water partition coefficient (Wildman–Crippen LogP) is 4.96. The van der Waals surface area contributed by atoms with Crippen molar-refractivity contribution in [2.24, 2.45) is 5.73 Å². The Bertz CT molecular complexity index is 1600. The lowest BCUT2D eigenvalue weighted by Gasteiger charge is -2.49. The fraction of sp³-hybridized carbons (Fsp3) is 0.179. The summed E-state index contributed by atoms with van der Waals surface area (Å²) < 4.78 is 11.8. The van der Waals surface area contributed by atoms with Gasteiger partial charge >= 0.3 is 5.97 Å². The highest BCUT2D eigenvalue weighted by Crippen LogP contribution is 2.42. The second kappa shape index (κ2) is 12.3. The van der Waals surface area contributed by atoms with Crippen molar-refractivity contribution >= 4 is 64.3 Å². The van der Waals surface area contributed by atoms with Crippen molar-refractivity contribution in [1.82, 2.24) is 10.2 Å². The lowest BCUT2D eigenvalue weighted by atomic mass is 10.0. The Balaban J connectivity index is 1.30. The summed E-state index contributed by atoms with van der Waals surface area (Å²) >= 11 is 19.6. The van der Waals surface area contributed by atoms with Crippen LogP contribution in [-0.4, -0.2) is 56.7 Å². The normalized spacial score (nSPS) is 18.6. The number of carbonyl (C=O) groups excluding carboxylic acids is 2. The largest absolute Gasteiger partial charge is 0.508 e. The summed E-state index contributed by atoms with van der Waals surface area (Å²) in [5.41, 5.74) is 6.60. The number of β-lactam (4-membered cyclic amide) rings is 1. The van der Waals surface area contributed by atoms with Gasteiger partial charge in [0.05, 0.1) is 5.02 Å². The molecule has 0 bridgehead atoms. The molecule has 0 aliphatic carbocycles. The molecule has 42 heavy (non-hydrogen) atoms. The number of carbonyl (C=O) groups is 3. The van der Waals surface area contributed by atoms with Crippen LogP contribution in [0.15, 0.2) is 71.9 Å². The van der Waals surface area contributed by atoms with Crippen molar-refractivity contribution in [2.45, 2.75) is 17.5 Å². The van der Waals surface area contributed by atoms with E-state index in [1.165, 1.54) is 48.2 Å². The van der Waals surface area contributed by atoms with E-state index in [-0.39, 0.29) is 40.3 Å². The molecule has 2 aliphatic heterocycles. The molecule has 3 atom stereocenters. The maximum atomic E-state index is 13.1. The number of aliphatic carboxylic acids is 1. The molecule has 0 aromatic heterocycles. The van der Waals surface area contributed by atoms with Crippen LogP contribution in [0.1, 0.15) is 11.6 Å². The predicted molar refractivity (Wildman–Crippen MR) is 158 cm³/mol. The van der Waals surface area contributed by atoms with Gasteiger partial charge in [0.2, 0.25) is 5.91 Å². The number of amides is 2. The molecule has 3 aromatic carbocycles. The number of aromatic hydroxyl groups is 1. The van der Waals surface area contributed by atoms with Crippen molar-refractivity contribution in [2.75, 3.05) is 12.4 Å². The third-order valence-corrected chi connectivity index (χ3v) is 8.61. The molecule has 1 saturated heterocycles. The van der Waals surface area contributed by atoms with Gasteiger partial charge in [-0.3, -0.25) is 14.5 Å². The first kappa shape index (κ1) is 29.9. The zero-order chi connectivity index (χ0) is 30.1. The lowest BCUT2D eigenvalue weighted by molar-refractivity contribution is -0.151. The van der Waals surface area contributed by atoms with Crippen molar-refractivity contribution in [3.8, 4) is 23.0 Å². The zero-order valence-electron chi connectivity index (χ0n) is 21.4. The molecular weight excluding hydrogens is 629 g/mol. The molecule has 1 fully saturated rings. The number of carboxylic acid groups (broad SMARTS) is 1. The quantitative estimate of drug-likeness (QED) is 0.236. The number of nitrogens with two attached hydrogens (primary N) is 1. The van der Waals surface area contributed by atoms with Gasteiger partial charge in [-0.15, -0.1) is 11.8 Å². The van der Waals surface area contributed by atoms with Crippen molar-refractivity contribution < 1.29 is 34.1 Å². The first-order valence-corrected chi connectivity index (χ1v) is 14.5. The number of hydrogen-bond acceptors (Lipinski definition) is 8. The fourth-order valence-corrected chi connectivity index (χ4v) is 6.33. The molecule has 2 amide bonds. The SMILES string of the molecule is NC(C(=O)NC1C(=O)N2C(C(=O)O)=C(COc3cc(Cl)ccc3Oc3ccc(Cl)cc3Cl)CS[C@H]12)c1ccc(O)cc1. The van der Waals surface area contributed by atoms with Gasteiger partial charge in [-0.05, 0) is 48.0 Å². The van der Waals surface area contributed by atoms with Gasteiger partial charge in [0.15, 0.2) is 11.5 Å². The molecule has 3 aromatic rings. The maximum absolute atomic E-state index is 13.1. The first-order valence-electron chi connectivity index (χ1n) is 12.3. The fourth-order valence-electron chi connectivity index (χ4n) is 4.39. The lowest BCUT2D eigenvalue weighted by Crippen LogP contribution is -2.71. The highest BCUT2D eigenvalue weighted by atomic mass is 35.5. The minimum absolute atomic E-state index is 0.0209. The van der Waals surface area contributed by atoms with Crippen molar-refractivity contribution in [1.29, 1.82) is 0 Å². The number of nitrogens with one attached hydrogen (secondary N) is 1. The molecule has 218 valence electrons. The average Bonchev–Trinajstić information content (AvgIpc) is 2.96. The van der Waals surface area contributed by atoms with E-state index in [0.29, 0.717) is 26.9 Å². The minimum atomic E-state index is -1.31. The van der Waals surface area contributed by atoms with Crippen LogP contribution in [0.4, 0.5) is 0 Å². The summed E-state index contributed by atoms with van der Waals surface area (Å²) in [6, 6.07) is 13.2. The summed E-state index contributed by atoms with van der Waals surface area (Å²) in [7, 11) is 0. The highest BCUT2D eigenvalue weighted by molar-refractivity contribution is 8.00. The molecular formula is C28H22Cl3N3O7S. The average molecular weight is 651 g/mol. The van der Waals surface area contributed by atoms with Gasteiger partial charge in [0, 0.05) is 27.4 Å². The number of fused-ring (bicyclic) bond motifs is 1. The Morgan fingerprint density at radius 3 is 2.36 bits per heavy atom. The van der Waals surface area contributed by atoms with E-state index in [0.717, 1.165) is 4.90 Å². The number of hydrogen-bond donors (Lipinski definition) is 4. The molecule has 14 heteroatoms. The number of phenolic OH excluding ortho intramolecular Hbond substituents is 1. The molecule has 0 spiro atoms. The molecule has 0 saturated carbocycles. The molecule has 2 aliphatic rings. The summed E-state index contributed by atoms with van der Waals surface area (Å²) in [4.78, 5) is 39.2. The Kier molecular flexibility index (Phi) is 8.76. The monoisotopic (exact) mass is 649 g/mol. The van der Waals surface area contributed by atoms with Gasteiger partial charge in [-0.1, -0.05) is 46.9 Å². The second-order valence-electron chi connectivity index (χ2n) is 9.28. The Hall–Kier alpha value is -3.61. The van der Waals surface area contributed by atoms with E-state index in [2.05, 4.69) is 5.32 Å². The zero-order valence-corrected chi connectivity index (χ0v) is 24.5. The van der Waals surface area contributed by atoms with Crippen LogP contribution in [0.3, 0.4) is 0 Å². The molecule has 5 rings (SSSR count). The third kappa shape index (κ3) is 6.11. The second-order valence-corrected chi connectivity index (χ2v) is 11.7. The van der Waals surface area contributed by atoms with E-state index in [1.54, 1.807) is 24.3 Å². The summed E-state index contributed by atoms with van der Waals surface area (Å²) in [6.45, 7) is -0.182. The van der Waals surface area contributed by atoms with Crippen LogP contribution in [0.2, 0.25) is 15.1 Å². The van der Waals surface area contributed by atoms with Gasteiger partial charge in [-0.2, -0.15) is 0 Å². The van der Waals surface area contributed by atoms with E-state index in [1.807, 2.05) is 0 Å². The topological polar surface area (TPSA) is 151 Å². The highest BCUT2D eigenvalue weighted by Gasteiger charge is 2.54. The summed E-state index contributed by atoms with van der Waals surface area (Å²) in [6.07, 6.45) is 0. The van der Waals surface area contributed by atoms with Gasteiger partial charge in [-0.25, -0.2) is 4.79 Å². The first-order chi connectivity index (χ1) is 20.0. The van der Waals surface area contributed by atoms with Crippen LogP contribution < -0.4 is 20.5 Å². The Morgan fingerprint density at radius 2 is 1.69 bits per heavy atom. The molecule has 2 unspecified atom stereocenters. The number of halogens is 3. The summed E-state index contributed by atoms with van der Waals surface area (Å²) in [5.74, 6) is -1.45. The van der Waals surface area contributed by atoms with E-state index >= 15 is 0 Å². The van der Waals surface area contributed by atoms with Crippen LogP contribution in [-0.2, 0) is 14.4 Å². The minimum Gasteiger partial charge on any atom is -0.508 e. The van der Waals surface area contributed by atoms with Gasteiger partial charge in [0.25, 0.3) is 5.91 Å². The van der Waals surface area contributed by atoms with Crippen LogP contribution in [0.5, 0.6) is 23.0 Å². The number of nitrogens with zero attached hydrogens (tertiary/aromatic N) is 1. The van der Waals surface area contributed by atoms with Crippen molar-refractivity contribution in [3.63, 3.8) is 0 Å². The number of ether oxygens (including phenoxy) is 2. The van der Waals surface area contributed by atoms with Crippen LogP contribution >= 0.6 is 46.6 Å². The smallest absolute Gasteiger partial charge is 0.352 e.